The summed E-state index contributed by atoms with van der Waals surface area (Å²) in [5.74, 6) is 4.40. The van der Waals surface area contributed by atoms with Crippen molar-refractivity contribution in [2.24, 2.45) is 0 Å². The van der Waals surface area contributed by atoms with Crippen molar-refractivity contribution in [3.63, 3.8) is 0 Å². The average molecular weight is 146 g/mol. The van der Waals surface area contributed by atoms with Crippen LogP contribution in [0.3, 0.4) is 0 Å². The van der Waals surface area contributed by atoms with E-state index in [1.165, 1.54) is 0 Å². The van der Waals surface area contributed by atoms with Gasteiger partial charge in [0.05, 0.1) is 6.67 Å². The Morgan fingerprint density at radius 3 is 2.78 bits per heavy atom. The molecule has 2 heteroatoms. The molecular formula is C7H11FS. The van der Waals surface area contributed by atoms with Gasteiger partial charge in [-0.3, -0.25) is 4.39 Å². The van der Waals surface area contributed by atoms with Crippen LogP contribution in [0.4, 0.5) is 4.39 Å². The summed E-state index contributed by atoms with van der Waals surface area (Å²) in [5, 5.41) is 0. The van der Waals surface area contributed by atoms with Gasteiger partial charge >= 0.3 is 0 Å². The second-order valence-electron chi connectivity index (χ2n) is 1.61. The molecule has 0 aliphatic rings. The SMILES string of the molecule is C#CCCSCCCF. The predicted molar refractivity (Wildman–Crippen MR) is 41.4 cm³/mol. The summed E-state index contributed by atoms with van der Waals surface area (Å²) >= 11 is 1.72. The quantitative estimate of drug-likeness (QED) is 0.423. The molecule has 0 bridgehead atoms. The van der Waals surface area contributed by atoms with Gasteiger partial charge < -0.3 is 0 Å². The molecule has 0 nitrogen and oxygen atoms in total. The average Bonchev–Trinajstić information content (AvgIpc) is 1.89. The number of alkyl halides is 1. The van der Waals surface area contributed by atoms with E-state index < -0.39 is 0 Å². The molecule has 0 atom stereocenters. The second kappa shape index (κ2) is 7.84. The molecule has 0 aliphatic heterocycles. The molecule has 9 heavy (non-hydrogen) atoms. The van der Waals surface area contributed by atoms with E-state index in [2.05, 4.69) is 5.92 Å². The highest BCUT2D eigenvalue weighted by molar-refractivity contribution is 7.99. The fourth-order valence-corrected chi connectivity index (χ4v) is 1.17. The van der Waals surface area contributed by atoms with Crippen LogP contribution < -0.4 is 0 Å². The van der Waals surface area contributed by atoms with Crippen LogP contribution in [-0.2, 0) is 0 Å². The normalized spacial score (nSPS) is 8.89. The van der Waals surface area contributed by atoms with Crippen LogP contribution in [0.15, 0.2) is 0 Å². The maximum absolute atomic E-state index is 11.4. The van der Waals surface area contributed by atoms with Gasteiger partial charge in [-0.05, 0) is 12.2 Å². The lowest BCUT2D eigenvalue weighted by Crippen LogP contribution is -1.83. The fraction of sp³-hybridized carbons (Fsp3) is 0.714. The lowest BCUT2D eigenvalue weighted by Gasteiger charge is -1.92. The van der Waals surface area contributed by atoms with Gasteiger partial charge in [0.1, 0.15) is 0 Å². The molecule has 0 aromatic carbocycles. The summed E-state index contributed by atoms with van der Waals surface area (Å²) in [4.78, 5) is 0. The van der Waals surface area contributed by atoms with Gasteiger partial charge in [-0.2, -0.15) is 11.8 Å². The minimum atomic E-state index is -0.205. The molecule has 0 unspecified atom stereocenters. The summed E-state index contributed by atoms with van der Waals surface area (Å²) < 4.78 is 11.4. The number of thioether (sulfide) groups is 1. The summed E-state index contributed by atoms with van der Waals surface area (Å²) in [6, 6.07) is 0. The molecule has 0 saturated heterocycles. The van der Waals surface area contributed by atoms with E-state index in [0.717, 1.165) is 17.9 Å². The molecule has 0 saturated carbocycles. The summed E-state index contributed by atoms with van der Waals surface area (Å²) in [6.45, 7) is -0.205. The predicted octanol–water partition coefficient (Wildman–Crippen LogP) is 2.10. The van der Waals surface area contributed by atoms with E-state index in [4.69, 9.17) is 6.42 Å². The van der Waals surface area contributed by atoms with E-state index in [-0.39, 0.29) is 6.67 Å². The van der Waals surface area contributed by atoms with Crippen LogP contribution in [0.25, 0.3) is 0 Å². The molecule has 0 aromatic heterocycles. The Kier molecular flexibility index (Phi) is 7.70. The van der Waals surface area contributed by atoms with Crippen molar-refractivity contribution < 1.29 is 4.39 Å². The Hall–Kier alpha value is -0.160. The smallest absolute Gasteiger partial charge is 0.0902 e. The molecule has 0 aliphatic carbocycles. The van der Waals surface area contributed by atoms with Gasteiger partial charge in [-0.15, -0.1) is 12.3 Å². The number of rotatable bonds is 5. The highest BCUT2D eigenvalue weighted by Gasteiger charge is 1.86. The maximum Gasteiger partial charge on any atom is 0.0902 e. The van der Waals surface area contributed by atoms with Gasteiger partial charge in [-0.25, -0.2) is 0 Å². The van der Waals surface area contributed by atoms with Crippen molar-refractivity contribution in [3.05, 3.63) is 0 Å². The van der Waals surface area contributed by atoms with E-state index >= 15 is 0 Å². The number of halogens is 1. The first-order valence-electron chi connectivity index (χ1n) is 2.99. The fourth-order valence-electron chi connectivity index (χ4n) is 0.390. The van der Waals surface area contributed by atoms with Crippen LogP contribution >= 0.6 is 11.8 Å². The Balaban J connectivity index is 2.69. The third-order valence-electron chi connectivity index (χ3n) is 0.813. The highest BCUT2D eigenvalue weighted by Crippen LogP contribution is 2.03. The Bertz CT molecular complexity index is 85.4. The first-order valence-corrected chi connectivity index (χ1v) is 4.14. The summed E-state index contributed by atoms with van der Waals surface area (Å²) in [6.07, 6.45) is 6.47. The van der Waals surface area contributed by atoms with Gasteiger partial charge in [0.15, 0.2) is 0 Å². The zero-order valence-electron chi connectivity index (χ0n) is 5.40. The van der Waals surface area contributed by atoms with Crippen LogP contribution in [0.5, 0.6) is 0 Å². The lowest BCUT2D eigenvalue weighted by molar-refractivity contribution is 0.489. The molecule has 52 valence electrons. The lowest BCUT2D eigenvalue weighted by atomic mass is 10.5. The molecule has 0 aromatic rings. The van der Waals surface area contributed by atoms with E-state index in [0.29, 0.717) is 6.42 Å². The summed E-state index contributed by atoms with van der Waals surface area (Å²) in [5.41, 5.74) is 0. The highest BCUT2D eigenvalue weighted by atomic mass is 32.2. The molecule has 0 fully saturated rings. The molecule has 0 radical (unpaired) electrons. The van der Waals surface area contributed by atoms with E-state index in [1.54, 1.807) is 11.8 Å². The van der Waals surface area contributed by atoms with Gasteiger partial charge in [-0.1, -0.05) is 0 Å². The topological polar surface area (TPSA) is 0 Å². The largest absolute Gasteiger partial charge is 0.251 e. The molecule has 0 rings (SSSR count). The van der Waals surface area contributed by atoms with Crippen molar-refractivity contribution in [2.45, 2.75) is 12.8 Å². The first kappa shape index (κ1) is 8.84. The molecule has 0 amide bonds. The van der Waals surface area contributed by atoms with Gasteiger partial charge in [0.25, 0.3) is 0 Å². The summed E-state index contributed by atoms with van der Waals surface area (Å²) in [7, 11) is 0. The van der Waals surface area contributed by atoms with Crippen molar-refractivity contribution in [1.29, 1.82) is 0 Å². The monoisotopic (exact) mass is 146 g/mol. The minimum absolute atomic E-state index is 0.205. The third kappa shape index (κ3) is 7.84. The molecule has 0 N–H and O–H groups in total. The molecule has 0 heterocycles. The maximum atomic E-state index is 11.4. The van der Waals surface area contributed by atoms with Crippen molar-refractivity contribution in [1.82, 2.24) is 0 Å². The van der Waals surface area contributed by atoms with Crippen LogP contribution in [0, 0.1) is 12.3 Å². The third-order valence-corrected chi connectivity index (χ3v) is 1.88. The zero-order chi connectivity index (χ0) is 6.95. The van der Waals surface area contributed by atoms with Crippen molar-refractivity contribution >= 4 is 11.8 Å². The Morgan fingerprint density at radius 1 is 1.44 bits per heavy atom. The zero-order valence-corrected chi connectivity index (χ0v) is 6.22. The number of hydrogen-bond donors (Lipinski definition) is 0. The molecule has 0 spiro atoms. The number of terminal acetylenes is 1. The van der Waals surface area contributed by atoms with Crippen LogP contribution in [-0.4, -0.2) is 18.2 Å². The number of hydrogen-bond acceptors (Lipinski definition) is 1. The van der Waals surface area contributed by atoms with Crippen LogP contribution in [0.1, 0.15) is 12.8 Å². The van der Waals surface area contributed by atoms with Crippen molar-refractivity contribution in [3.8, 4) is 12.3 Å². The van der Waals surface area contributed by atoms with Gasteiger partial charge in [0, 0.05) is 12.2 Å². The van der Waals surface area contributed by atoms with E-state index in [1.807, 2.05) is 0 Å². The first-order chi connectivity index (χ1) is 4.41. The Labute approximate surface area is 60.2 Å². The van der Waals surface area contributed by atoms with Crippen LogP contribution in [0.2, 0.25) is 0 Å². The van der Waals surface area contributed by atoms with E-state index in [9.17, 15) is 4.39 Å². The van der Waals surface area contributed by atoms with Gasteiger partial charge in [0.2, 0.25) is 0 Å². The van der Waals surface area contributed by atoms with Crippen molar-refractivity contribution in [2.75, 3.05) is 18.2 Å². The Morgan fingerprint density at radius 2 is 2.22 bits per heavy atom. The minimum Gasteiger partial charge on any atom is -0.251 e. The molecular weight excluding hydrogens is 135 g/mol. The standard InChI is InChI=1S/C7H11FS/c1-2-3-6-9-7-4-5-8/h1H,3-7H2. The second-order valence-corrected chi connectivity index (χ2v) is 2.83.